The summed E-state index contributed by atoms with van der Waals surface area (Å²) < 4.78 is 38.1. The Hall–Kier alpha value is -1.28. The van der Waals surface area contributed by atoms with Gasteiger partial charge in [0.2, 0.25) is 0 Å². The van der Waals surface area contributed by atoms with Gasteiger partial charge in [-0.1, -0.05) is 6.07 Å². The quantitative estimate of drug-likeness (QED) is 0.892. The van der Waals surface area contributed by atoms with Crippen molar-refractivity contribution in [2.24, 2.45) is 0 Å². The van der Waals surface area contributed by atoms with Crippen molar-refractivity contribution < 1.29 is 23.1 Å². The van der Waals surface area contributed by atoms with Gasteiger partial charge in [-0.2, -0.15) is 13.2 Å². The Kier molecular flexibility index (Phi) is 5.01. The van der Waals surface area contributed by atoms with Gasteiger partial charge >= 0.3 is 12.2 Å². The first-order valence-electron chi connectivity index (χ1n) is 7.08. The Labute approximate surface area is 130 Å². The largest absolute Gasteiger partial charge is 0.417 e. The minimum atomic E-state index is -4.65. The van der Waals surface area contributed by atoms with Crippen LogP contribution in [-0.2, 0) is 6.42 Å². The SMILES string of the molecule is CC(Cc1cccs1)NC(=O)N1CCC(O)(C(F)(F)F)CC1. The zero-order valence-electron chi connectivity index (χ0n) is 12.2. The van der Waals surface area contributed by atoms with Crippen LogP contribution in [0.4, 0.5) is 18.0 Å². The number of urea groups is 1. The third-order valence-corrected chi connectivity index (χ3v) is 4.76. The molecule has 0 aliphatic carbocycles. The number of aliphatic hydroxyl groups is 1. The molecule has 2 rings (SSSR count). The average molecular weight is 336 g/mol. The van der Waals surface area contributed by atoms with Gasteiger partial charge in [-0.15, -0.1) is 11.3 Å². The van der Waals surface area contributed by atoms with Gasteiger partial charge in [0.15, 0.2) is 5.60 Å². The highest BCUT2D eigenvalue weighted by molar-refractivity contribution is 7.09. The van der Waals surface area contributed by atoms with Gasteiger partial charge in [-0.05, 0) is 18.4 Å². The highest BCUT2D eigenvalue weighted by atomic mass is 32.1. The summed E-state index contributed by atoms with van der Waals surface area (Å²) in [6, 6.07) is 3.41. The summed E-state index contributed by atoms with van der Waals surface area (Å²) in [5.74, 6) is 0. The van der Waals surface area contributed by atoms with Crippen molar-refractivity contribution >= 4 is 17.4 Å². The molecule has 1 aliphatic heterocycles. The number of hydrogen-bond donors (Lipinski definition) is 2. The van der Waals surface area contributed by atoms with E-state index in [-0.39, 0.29) is 25.2 Å². The van der Waals surface area contributed by atoms with E-state index < -0.39 is 24.6 Å². The molecule has 124 valence electrons. The van der Waals surface area contributed by atoms with E-state index in [1.807, 2.05) is 24.4 Å². The number of thiophene rings is 1. The second-order valence-electron chi connectivity index (χ2n) is 5.65. The molecule has 2 N–H and O–H groups in total. The average Bonchev–Trinajstić information content (AvgIpc) is 2.90. The van der Waals surface area contributed by atoms with Crippen molar-refractivity contribution in [2.45, 2.75) is 44.0 Å². The molecule has 1 atom stereocenters. The van der Waals surface area contributed by atoms with E-state index >= 15 is 0 Å². The molecule has 8 heteroatoms. The van der Waals surface area contributed by atoms with Crippen molar-refractivity contribution in [1.82, 2.24) is 10.2 Å². The molecule has 4 nitrogen and oxygen atoms in total. The molecule has 0 radical (unpaired) electrons. The molecule has 1 aliphatic rings. The van der Waals surface area contributed by atoms with Crippen molar-refractivity contribution in [1.29, 1.82) is 0 Å². The van der Waals surface area contributed by atoms with Crippen molar-refractivity contribution in [3.8, 4) is 0 Å². The first kappa shape index (κ1) is 17.1. The lowest BCUT2D eigenvalue weighted by atomic mass is 9.91. The highest BCUT2D eigenvalue weighted by Crippen LogP contribution is 2.38. The molecular weight excluding hydrogens is 317 g/mol. The lowest BCUT2D eigenvalue weighted by Crippen LogP contribution is -2.56. The van der Waals surface area contributed by atoms with Crippen molar-refractivity contribution in [3.63, 3.8) is 0 Å². The number of alkyl halides is 3. The smallest absolute Gasteiger partial charge is 0.380 e. The van der Waals surface area contributed by atoms with Gasteiger partial charge in [0, 0.05) is 43.3 Å². The maximum absolute atomic E-state index is 12.7. The molecule has 0 aromatic carbocycles. The third kappa shape index (κ3) is 3.92. The molecule has 2 amide bonds. The normalized spacial score (nSPS) is 19.8. The summed E-state index contributed by atoms with van der Waals surface area (Å²) in [6.45, 7) is 1.65. The number of nitrogens with one attached hydrogen (secondary N) is 1. The van der Waals surface area contributed by atoms with Gasteiger partial charge in [-0.3, -0.25) is 0 Å². The van der Waals surface area contributed by atoms with E-state index in [9.17, 15) is 23.1 Å². The molecule has 0 bridgehead atoms. The van der Waals surface area contributed by atoms with Gasteiger partial charge < -0.3 is 15.3 Å². The summed E-state index contributed by atoms with van der Waals surface area (Å²) >= 11 is 1.59. The summed E-state index contributed by atoms with van der Waals surface area (Å²) in [7, 11) is 0. The number of likely N-dealkylation sites (tertiary alicyclic amines) is 1. The minimum Gasteiger partial charge on any atom is -0.380 e. The van der Waals surface area contributed by atoms with E-state index in [4.69, 9.17) is 0 Å². The van der Waals surface area contributed by atoms with Crippen LogP contribution in [0.1, 0.15) is 24.6 Å². The van der Waals surface area contributed by atoms with Crippen molar-refractivity contribution in [3.05, 3.63) is 22.4 Å². The topological polar surface area (TPSA) is 52.6 Å². The molecule has 1 fully saturated rings. The van der Waals surface area contributed by atoms with Crippen LogP contribution in [-0.4, -0.2) is 46.9 Å². The van der Waals surface area contributed by atoms with E-state index in [0.717, 1.165) is 4.88 Å². The second-order valence-corrected chi connectivity index (χ2v) is 6.68. The first-order chi connectivity index (χ1) is 10.2. The monoisotopic (exact) mass is 336 g/mol. The maximum Gasteiger partial charge on any atom is 0.417 e. The van der Waals surface area contributed by atoms with Crippen LogP contribution < -0.4 is 5.32 Å². The summed E-state index contributed by atoms with van der Waals surface area (Å²) in [4.78, 5) is 14.5. The van der Waals surface area contributed by atoms with Crippen LogP contribution in [0.3, 0.4) is 0 Å². The Bertz CT molecular complexity index is 497. The molecule has 1 aromatic rings. The summed E-state index contributed by atoms with van der Waals surface area (Å²) in [6.07, 6.45) is -4.93. The standard InChI is InChI=1S/C14H19F3N2O2S/c1-10(9-11-3-2-8-22-11)18-12(20)19-6-4-13(21,5-7-19)14(15,16)17/h2-3,8,10,21H,4-7,9H2,1H3,(H,18,20). The van der Waals surface area contributed by atoms with Crippen LogP contribution in [0, 0.1) is 0 Å². The first-order valence-corrected chi connectivity index (χ1v) is 7.96. The fraction of sp³-hybridized carbons (Fsp3) is 0.643. The molecule has 1 unspecified atom stereocenters. The van der Waals surface area contributed by atoms with Gasteiger partial charge in [0.25, 0.3) is 0 Å². The number of hydrogen-bond acceptors (Lipinski definition) is 3. The van der Waals surface area contributed by atoms with Crippen LogP contribution in [0.25, 0.3) is 0 Å². The zero-order chi connectivity index (χ0) is 16.4. The third-order valence-electron chi connectivity index (χ3n) is 3.86. The molecule has 1 aromatic heterocycles. The fourth-order valence-electron chi connectivity index (χ4n) is 2.45. The molecule has 22 heavy (non-hydrogen) atoms. The number of amides is 2. The van der Waals surface area contributed by atoms with Gasteiger partial charge in [-0.25, -0.2) is 4.79 Å². The number of carbonyl (C=O) groups is 1. The number of piperidine rings is 1. The molecular formula is C14H19F3N2O2S. The Morgan fingerprint density at radius 3 is 2.64 bits per heavy atom. The lowest BCUT2D eigenvalue weighted by molar-refractivity contribution is -0.271. The van der Waals surface area contributed by atoms with Crippen molar-refractivity contribution in [2.75, 3.05) is 13.1 Å². The van der Waals surface area contributed by atoms with E-state index in [0.29, 0.717) is 6.42 Å². The molecule has 0 spiro atoms. The zero-order valence-corrected chi connectivity index (χ0v) is 13.0. The number of nitrogens with zero attached hydrogens (tertiary/aromatic N) is 1. The second kappa shape index (κ2) is 6.45. The number of halogens is 3. The maximum atomic E-state index is 12.7. The van der Waals surface area contributed by atoms with Crippen LogP contribution in [0.5, 0.6) is 0 Å². The van der Waals surface area contributed by atoms with Crippen LogP contribution >= 0.6 is 11.3 Å². The lowest BCUT2D eigenvalue weighted by Gasteiger charge is -2.39. The molecule has 2 heterocycles. The summed E-state index contributed by atoms with van der Waals surface area (Å²) in [5, 5.41) is 14.3. The van der Waals surface area contributed by atoms with E-state index in [2.05, 4.69) is 5.32 Å². The Balaban J connectivity index is 1.82. The Morgan fingerprint density at radius 2 is 2.14 bits per heavy atom. The van der Waals surface area contributed by atoms with Crippen LogP contribution in [0.15, 0.2) is 17.5 Å². The van der Waals surface area contributed by atoms with Gasteiger partial charge in [0.05, 0.1) is 0 Å². The van der Waals surface area contributed by atoms with E-state index in [1.165, 1.54) is 4.90 Å². The summed E-state index contributed by atoms with van der Waals surface area (Å²) in [5.41, 5.74) is -2.67. The number of carbonyl (C=O) groups excluding carboxylic acids is 1. The predicted octanol–water partition coefficient (Wildman–Crippen LogP) is 2.78. The highest BCUT2D eigenvalue weighted by Gasteiger charge is 2.54. The van der Waals surface area contributed by atoms with E-state index in [1.54, 1.807) is 11.3 Å². The predicted molar refractivity (Wildman–Crippen MR) is 77.8 cm³/mol. The van der Waals surface area contributed by atoms with Crippen LogP contribution in [0.2, 0.25) is 0 Å². The fourth-order valence-corrected chi connectivity index (χ4v) is 3.28. The Morgan fingerprint density at radius 1 is 1.50 bits per heavy atom. The van der Waals surface area contributed by atoms with Gasteiger partial charge in [0.1, 0.15) is 0 Å². The molecule has 0 saturated carbocycles. The minimum absolute atomic E-state index is 0.102. The molecule has 1 saturated heterocycles. The number of rotatable bonds is 3.